The van der Waals surface area contributed by atoms with E-state index in [1.807, 2.05) is 0 Å². The Labute approximate surface area is 104 Å². The molecule has 1 rings (SSSR count). The third-order valence-corrected chi connectivity index (χ3v) is 2.39. The van der Waals surface area contributed by atoms with E-state index < -0.39 is 24.3 Å². The van der Waals surface area contributed by atoms with Crippen LogP contribution in [-0.2, 0) is 19.0 Å². The molecule has 0 aromatic carbocycles. The van der Waals surface area contributed by atoms with Crippen LogP contribution in [0.4, 0.5) is 0 Å². The number of aliphatic hydroxyl groups excluding tert-OH is 2. The van der Waals surface area contributed by atoms with E-state index in [1.54, 1.807) is 0 Å². The number of aliphatic hydroxyl groups is 2. The second-order valence-corrected chi connectivity index (χ2v) is 3.80. The molecular weight excluding hydrogens is 248 g/mol. The van der Waals surface area contributed by atoms with E-state index in [4.69, 9.17) is 9.47 Å². The predicted molar refractivity (Wildman–Crippen MR) is 61.2 cm³/mol. The number of rotatable bonds is 5. The molecule has 96 valence electrons. The first kappa shape index (κ1) is 13.9. The van der Waals surface area contributed by atoms with Gasteiger partial charge in [-0.3, -0.25) is 0 Å². The molecular formula is C10H14O6S. The molecule has 1 fully saturated rings. The molecule has 1 aliphatic rings. The molecule has 1 heterocycles. The van der Waals surface area contributed by atoms with Gasteiger partial charge in [-0.1, -0.05) is 0 Å². The van der Waals surface area contributed by atoms with Crippen molar-refractivity contribution >= 4 is 23.4 Å². The lowest BCUT2D eigenvalue weighted by Crippen LogP contribution is -2.31. The van der Waals surface area contributed by atoms with Crippen LogP contribution in [0.2, 0.25) is 0 Å². The van der Waals surface area contributed by atoms with E-state index in [-0.39, 0.29) is 18.3 Å². The van der Waals surface area contributed by atoms with Crippen LogP contribution in [0, 0.1) is 0 Å². The van der Waals surface area contributed by atoms with E-state index in [0.29, 0.717) is 0 Å². The Hall–Kier alpha value is -1.18. The van der Waals surface area contributed by atoms with Crippen molar-refractivity contribution in [3.05, 3.63) is 12.2 Å². The quantitative estimate of drug-likeness (QED) is 0.393. The molecule has 0 aromatic rings. The minimum atomic E-state index is -0.970. The van der Waals surface area contributed by atoms with Crippen molar-refractivity contribution in [2.45, 2.75) is 24.7 Å². The summed E-state index contributed by atoms with van der Waals surface area (Å²) < 4.78 is 14.2. The maximum Gasteiger partial charge on any atom is 0.352 e. The summed E-state index contributed by atoms with van der Waals surface area (Å²) in [4.78, 5) is 10.8. The number of hydrogen-bond donors (Lipinski definition) is 2. The average molecular weight is 262 g/mol. The molecule has 0 aliphatic carbocycles. The summed E-state index contributed by atoms with van der Waals surface area (Å²) in [5.41, 5.74) is 0. The van der Waals surface area contributed by atoms with Crippen LogP contribution < -0.4 is 0 Å². The molecule has 0 radical (unpaired) electrons. The van der Waals surface area contributed by atoms with Gasteiger partial charge >= 0.3 is 11.2 Å². The molecule has 0 amide bonds. The zero-order valence-electron chi connectivity index (χ0n) is 9.24. The van der Waals surface area contributed by atoms with Crippen molar-refractivity contribution in [2.24, 2.45) is 0 Å². The van der Waals surface area contributed by atoms with Gasteiger partial charge in [0, 0.05) is 24.7 Å². The predicted octanol–water partition coefficient (Wildman–Crippen LogP) is -0.472. The van der Waals surface area contributed by atoms with Gasteiger partial charge in [0.25, 0.3) is 0 Å². The molecule has 1 saturated heterocycles. The molecule has 0 saturated carbocycles. The molecule has 2 N–H and O–H groups in total. The molecule has 0 spiro atoms. The van der Waals surface area contributed by atoms with Crippen LogP contribution in [0.3, 0.4) is 0 Å². The standard InChI is InChI=1S/C10H14O6S/c1-14-9(13)3-2-6(11)4-7(12)8-5-15-10(17)16-8/h2-3,6-8,11-12H,4-5H2,1H3/b3-2+/t6-,7-,8+/m0/s1. The van der Waals surface area contributed by atoms with Gasteiger partial charge in [0.1, 0.15) is 6.61 Å². The van der Waals surface area contributed by atoms with E-state index >= 15 is 0 Å². The number of hydrogen-bond acceptors (Lipinski definition) is 7. The first-order chi connectivity index (χ1) is 8.02. The molecule has 7 heteroatoms. The Balaban J connectivity index is 2.35. The smallest absolute Gasteiger partial charge is 0.352 e. The largest absolute Gasteiger partial charge is 0.466 e. The van der Waals surface area contributed by atoms with Crippen molar-refractivity contribution in [1.82, 2.24) is 0 Å². The normalized spacial score (nSPS) is 23.0. The highest BCUT2D eigenvalue weighted by atomic mass is 32.1. The van der Waals surface area contributed by atoms with Crippen molar-refractivity contribution in [3.63, 3.8) is 0 Å². The molecule has 1 aliphatic heterocycles. The first-order valence-electron chi connectivity index (χ1n) is 4.98. The van der Waals surface area contributed by atoms with E-state index in [0.717, 1.165) is 6.08 Å². The van der Waals surface area contributed by atoms with E-state index in [2.05, 4.69) is 17.0 Å². The summed E-state index contributed by atoms with van der Waals surface area (Å²) in [5.74, 6) is -0.569. The van der Waals surface area contributed by atoms with Crippen molar-refractivity contribution < 1.29 is 29.2 Å². The Bertz CT molecular complexity index is 316. The van der Waals surface area contributed by atoms with Gasteiger partial charge in [0.15, 0.2) is 6.10 Å². The van der Waals surface area contributed by atoms with Gasteiger partial charge in [0.2, 0.25) is 0 Å². The van der Waals surface area contributed by atoms with E-state index in [1.165, 1.54) is 13.2 Å². The van der Waals surface area contributed by atoms with Gasteiger partial charge in [-0.15, -0.1) is 0 Å². The minimum absolute atomic E-state index is 0.00589. The topological polar surface area (TPSA) is 85.2 Å². The number of ether oxygens (including phenoxy) is 3. The third-order valence-electron chi connectivity index (χ3n) is 2.18. The molecule has 17 heavy (non-hydrogen) atoms. The van der Waals surface area contributed by atoms with Crippen molar-refractivity contribution in [3.8, 4) is 0 Å². The monoisotopic (exact) mass is 262 g/mol. The molecule has 0 bridgehead atoms. The number of carbonyl (C=O) groups is 1. The fraction of sp³-hybridized carbons (Fsp3) is 0.600. The number of thiocarbonyl (C=S) groups is 1. The third kappa shape index (κ3) is 4.68. The van der Waals surface area contributed by atoms with Gasteiger partial charge in [-0.25, -0.2) is 4.79 Å². The number of esters is 1. The molecule has 0 aromatic heterocycles. The van der Waals surface area contributed by atoms with Crippen LogP contribution in [0.25, 0.3) is 0 Å². The van der Waals surface area contributed by atoms with Gasteiger partial charge in [-0.05, 0) is 6.08 Å². The Morgan fingerprint density at radius 2 is 2.41 bits per heavy atom. The second kappa shape index (κ2) is 6.53. The first-order valence-corrected chi connectivity index (χ1v) is 5.39. The highest BCUT2D eigenvalue weighted by Gasteiger charge is 2.30. The minimum Gasteiger partial charge on any atom is -0.466 e. The highest BCUT2D eigenvalue weighted by molar-refractivity contribution is 7.79. The zero-order chi connectivity index (χ0) is 12.8. The second-order valence-electron chi connectivity index (χ2n) is 3.47. The maximum atomic E-state index is 10.8. The lowest BCUT2D eigenvalue weighted by Gasteiger charge is -2.16. The fourth-order valence-corrected chi connectivity index (χ4v) is 1.46. The lowest BCUT2D eigenvalue weighted by atomic mass is 10.1. The summed E-state index contributed by atoms with van der Waals surface area (Å²) in [5, 5.41) is 19.2. The average Bonchev–Trinajstić information content (AvgIpc) is 2.72. The van der Waals surface area contributed by atoms with Crippen LogP contribution in [0.15, 0.2) is 12.2 Å². The summed E-state index contributed by atoms with van der Waals surface area (Å²) in [6.07, 6.45) is -0.125. The molecule has 3 atom stereocenters. The SMILES string of the molecule is COC(=O)/C=C/[C@H](O)C[C@H](O)[C@H]1COC(=S)O1. The van der Waals surface area contributed by atoms with Gasteiger partial charge in [0.05, 0.1) is 19.3 Å². The van der Waals surface area contributed by atoms with E-state index in [9.17, 15) is 15.0 Å². The maximum absolute atomic E-state index is 10.8. The Morgan fingerprint density at radius 3 is 2.94 bits per heavy atom. The van der Waals surface area contributed by atoms with Crippen molar-refractivity contribution in [1.29, 1.82) is 0 Å². The molecule has 6 nitrogen and oxygen atoms in total. The summed E-state index contributed by atoms with van der Waals surface area (Å²) in [7, 11) is 1.23. The van der Waals surface area contributed by atoms with Crippen LogP contribution in [0.5, 0.6) is 0 Å². The Morgan fingerprint density at radius 1 is 1.71 bits per heavy atom. The summed E-state index contributed by atoms with van der Waals surface area (Å²) in [6, 6.07) is 0. The number of methoxy groups -OCH3 is 1. The van der Waals surface area contributed by atoms with Gasteiger partial charge in [-0.2, -0.15) is 0 Å². The zero-order valence-corrected chi connectivity index (χ0v) is 10.1. The number of carbonyl (C=O) groups excluding carboxylic acids is 1. The highest BCUT2D eigenvalue weighted by Crippen LogP contribution is 2.14. The summed E-state index contributed by atoms with van der Waals surface area (Å²) in [6.45, 7) is 0.160. The molecule has 0 unspecified atom stereocenters. The fourth-order valence-electron chi connectivity index (χ4n) is 1.27. The van der Waals surface area contributed by atoms with Crippen molar-refractivity contribution in [2.75, 3.05) is 13.7 Å². The van der Waals surface area contributed by atoms with Gasteiger partial charge < -0.3 is 24.4 Å². The van der Waals surface area contributed by atoms with Crippen LogP contribution in [-0.4, -0.2) is 53.4 Å². The Kier molecular flexibility index (Phi) is 5.33. The summed E-state index contributed by atoms with van der Waals surface area (Å²) >= 11 is 4.64. The lowest BCUT2D eigenvalue weighted by molar-refractivity contribution is -0.134. The van der Waals surface area contributed by atoms with Crippen LogP contribution in [0.1, 0.15) is 6.42 Å². The van der Waals surface area contributed by atoms with Crippen LogP contribution >= 0.6 is 12.2 Å².